The molecule has 7 amide bonds. The van der Waals surface area contributed by atoms with Gasteiger partial charge in [-0.1, -0.05) is 12.1 Å². The standard InChI is InChI=1S/C45H54N12O16/c46-15-22-72-23-18-49-39(62)31-8-3-19-53(44(67)28-6-1-9-35(58)50-28)20-4-16-47-40(63)32-13-11-26(42(65)56(32)70)37(60)51-29-24-73-25-30(29)52-38(61)27-12-14-33(57(71)43(27)66)41(64)48-17-5-21-54(31)45(68)34-7-2-10-36(59)55(34)69/h1-2,6-7,9-14,29-31,69-71H,3-5,8,15-25,46H2,(H,47,63)(H,48,64)(H,49,62)(H,50,58)(H,51,60)(H,52,61)/t29-,30+,31?/m1/s1. The highest BCUT2D eigenvalue weighted by molar-refractivity contribution is 5.99. The van der Waals surface area contributed by atoms with Gasteiger partial charge in [0.1, 0.15) is 39.9 Å². The van der Waals surface area contributed by atoms with E-state index in [1.165, 1.54) is 29.2 Å². The molecule has 4 aliphatic heterocycles. The maximum atomic E-state index is 14.4. The number of hydrogen-bond acceptors (Lipinski definition) is 17. The third-order valence-corrected chi connectivity index (χ3v) is 11.6. The molecule has 0 aliphatic carbocycles. The van der Waals surface area contributed by atoms with E-state index in [1.54, 1.807) is 0 Å². The number of pyridine rings is 4. The molecular formula is C45H54N12O16. The van der Waals surface area contributed by atoms with E-state index in [-0.39, 0.29) is 118 Å². The van der Waals surface area contributed by atoms with E-state index in [1.807, 2.05) is 0 Å². The first-order chi connectivity index (χ1) is 35.0. The van der Waals surface area contributed by atoms with E-state index in [2.05, 4.69) is 31.6 Å². The molecule has 0 aromatic carbocycles. The van der Waals surface area contributed by atoms with Crippen molar-refractivity contribution < 1.29 is 58.7 Å². The topological polar surface area (TPSA) is 390 Å². The molecule has 1 saturated heterocycles. The average molecular weight is 1020 g/mol. The number of aromatic nitrogens is 4. The molecule has 390 valence electrons. The van der Waals surface area contributed by atoms with Crippen molar-refractivity contribution >= 4 is 41.4 Å². The van der Waals surface area contributed by atoms with Crippen molar-refractivity contribution in [2.75, 3.05) is 72.2 Å². The Morgan fingerprint density at radius 3 is 1.84 bits per heavy atom. The summed E-state index contributed by atoms with van der Waals surface area (Å²) in [5, 5.41) is 44.9. The van der Waals surface area contributed by atoms with Crippen LogP contribution in [0.4, 0.5) is 0 Å². The SMILES string of the molecule is NCCOCCNC(=O)C1CCCN(C(=O)c2cccc(=O)[nH]2)CCCNC(=O)c2ccc(c(=O)n2O)C(=O)N[C@@H]2COC[C@@H]2NC(=O)c2ccc(n(O)c2=O)C(=O)NCCCN1C(=O)c1cccc(=O)n1O. The quantitative estimate of drug-likeness (QED) is 0.0599. The number of rotatable bonds is 8. The van der Waals surface area contributed by atoms with E-state index in [4.69, 9.17) is 15.2 Å². The average Bonchev–Trinajstić information content (AvgIpc) is 3.80. The number of fused-ring (bicyclic) bond motifs is 2. The highest BCUT2D eigenvalue weighted by Crippen LogP contribution is 2.16. The largest absolute Gasteiger partial charge is 0.425 e. The molecule has 8 heterocycles. The first kappa shape index (κ1) is 53.7. The smallest absolute Gasteiger partial charge is 0.296 e. The maximum absolute atomic E-state index is 14.4. The van der Waals surface area contributed by atoms with E-state index in [0.717, 1.165) is 41.3 Å². The number of carbonyl (C=O) groups excluding carboxylic acids is 7. The molecule has 28 nitrogen and oxygen atoms in total. The van der Waals surface area contributed by atoms with Crippen LogP contribution >= 0.6 is 0 Å². The number of amides is 7. The van der Waals surface area contributed by atoms with E-state index in [9.17, 15) is 68.4 Å². The van der Waals surface area contributed by atoms with Gasteiger partial charge in [0.15, 0.2) is 0 Å². The van der Waals surface area contributed by atoms with E-state index in [0.29, 0.717) is 0 Å². The molecule has 1 unspecified atom stereocenters. The van der Waals surface area contributed by atoms with Crippen LogP contribution in [0.2, 0.25) is 0 Å². The Balaban J connectivity index is 1.34. The van der Waals surface area contributed by atoms with Crippen LogP contribution in [0.25, 0.3) is 0 Å². The van der Waals surface area contributed by atoms with Gasteiger partial charge >= 0.3 is 0 Å². The molecule has 3 atom stereocenters. The summed E-state index contributed by atoms with van der Waals surface area (Å²) in [4.78, 5) is 152. The number of hydrogen-bond donors (Lipinski definition) is 10. The Kier molecular flexibility index (Phi) is 18.4. The van der Waals surface area contributed by atoms with Crippen LogP contribution in [0.5, 0.6) is 0 Å². The zero-order chi connectivity index (χ0) is 52.8. The predicted molar refractivity (Wildman–Crippen MR) is 251 cm³/mol. The maximum Gasteiger partial charge on any atom is 0.296 e. The minimum Gasteiger partial charge on any atom is -0.425 e. The molecule has 4 bridgehead atoms. The minimum atomic E-state index is -1.40. The summed E-state index contributed by atoms with van der Waals surface area (Å²) in [5.41, 5.74) is -1.67. The highest BCUT2D eigenvalue weighted by Gasteiger charge is 2.35. The summed E-state index contributed by atoms with van der Waals surface area (Å²) >= 11 is 0. The van der Waals surface area contributed by atoms with Crippen LogP contribution in [0.15, 0.2) is 79.8 Å². The molecule has 8 rings (SSSR count). The van der Waals surface area contributed by atoms with Crippen molar-refractivity contribution in [3.05, 3.63) is 136 Å². The molecule has 4 aromatic heterocycles. The number of nitrogens with zero attached hydrogens (tertiary/aromatic N) is 5. The second-order valence-corrected chi connectivity index (χ2v) is 16.5. The zero-order valence-electron chi connectivity index (χ0n) is 39.1. The van der Waals surface area contributed by atoms with Crippen molar-refractivity contribution in [3.63, 3.8) is 0 Å². The Morgan fingerprint density at radius 2 is 1.25 bits per heavy atom. The fourth-order valence-corrected chi connectivity index (χ4v) is 7.88. The number of carbonyl (C=O) groups is 7. The summed E-state index contributed by atoms with van der Waals surface area (Å²) in [6, 6.07) is 7.81. The van der Waals surface area contributed by atoms with Gasteiger partial charge in [-0.25, -0.2) is 0 Å². The second kappa shape index (κ2) is 25.0. The highest BCUT2D eigenvalue weighted by atomic mass is 16.5. The van der Waals surface area contributed by atoms with Gasteiger partial charge in [0.25, 0.3) is 52.1 Å². The molecule has 4 aliphatic rings. The molecule has 28 heteroatoms. The lowest BCUT2D eigenvalue weighted by Gasteiger charge is -2.32. The Labute approximate surface area is 412 Å². The summed E-state index contributed by atoms with van der Waals surface area (Å²) in [6.07, 6.45) is -0.275. The van der Waals surface area contributed by atoms with Crippen molar-refractivity contribution in [3.8, 4) is 0 Å². The molecular weight excluding hydrogens is 965 g/mol. The summed E-state index contributed by atoms with van der Waals surface area (Å²) in [5.74, 6) is -6.39. The van der Waals surface area contributed by atoms with Gasteiger partial charge in [0.2, 0.25) is 11.5 Å². The van der Waals surface area contributed by atoms with Gasteiger partial charge in [0, 0.05) is 57.9 Å². The zero-order valence-corrected chi connectivity index (χ0v) is 39.1. The van der Waals surface area contributed by atoms with Gasteiger partial charge in [-0.3, -0.25) is 52.7 Å². The lowest BCUT2D eigenvalue weighted by Crippen LogP contribution is -2.52. The van der Waals surface area contributed by atoms with E-state index < -0.39 is 110 Å². The van der Waals surface area contributed by atoms with E-state index >= 15 is 0 Å². The van der Waals surface area contributed by atoms with Crippen LogP contribution in [0.3, 0.4) is 0 Å². The van der Waals surface area contributed by atoms with Crippen molar-refractivity contribution in [2.24, 2.45) is 5.73 Å². The fourth-order valence-electron chi connectivity index (χ4n) is 7.88. The van der Waals surface area contributed by atoms with Crippen LogP contribution in [0, 0.1) is 0 Å². The molecule has 0 radical (unpaired) electrons. The molecule has 73 heavy (non-hydrogen) atoms. The van der Waals surface area contributed by atoms with Crippen LogP contribution in [-0.2, 0) is 14.3 Å². The van der Waals surface area contributed by atoms with Crippen molar-refractivity contribution in [2.45, 2.75) is 43.8 Å². The predicted octanol–water partition coefficient (Wildman–Crippen LogP) is -3.72. The van der Waals surface area contributed by atoms with Gasteiger partial charge in [0.05, 0.1) is 38.5 Å². The monoisotopic (exact) mass is 1020 g/mol. The molecule has 11 N–H and O–H groups in total. The molecule has 1 fully saturated rings. The van der Waals surface area contributed by atoms with Gasteiger partial charge < -0.3 is 72.2 Å². The number of nitrogens with two attached hydrogens (primary N) is 1. The Bertz CT molecular complexity index is 2970. The Morgan fingerprint density at radius 1 is 0.671 bits per heavy atom. The first-order valence-corrected chi connectivity index (χ1v) is 22.9. The fraction of sp³-hybridized carbons (Fsp3) is 0.400. The summed E-state index contributed by atoms with van der Waals surface area (Å²) in [6.45, 7) is -0.950. The van der Waals surface area contributed by atoms with Crippen LogP contribution in [0.1, 0.15) is 88.4 Å². The lowest BCUT2D eigenvalue weighted by molar-refractivity contribution is -0.126. The third kappa shape index (κ3) is 13.2. The molecule has 4 aromatic rings. The summed E-state index contributed by atoms with van der Waals surface area (Å²) < 4.78 is 10.8. The number of nitrogens with one attached hydrogen (secondary N) is 6. The van der Waals surface area contributed by atoms with Crippen molar-refractivity contribution in [1.29, 1.82) is 0 Å². The normalized spacial score (nSPS) is 18.7. The second-order valence-electron chi connectivity index (χ2n) is 16.5. The van der Waals surface area contributed by atoms with Gasteiger partial charge in [-0.15, -0.1) is 14.2 Å². The van der Waals surface area contributed by atoms with Gasteiger partial charge in [-0.05, 0) is 62.1 Å². The first-order valence-electron chi connectivity index (χ1n) is 22.9. The minimum absolute atomic E-state index is 0.0225. The lowest BCUT2D eigenvalue weighted by atomic mass is 10.1. The molecule has 0 saturated carbocycles. The number of H-pyrrole nitrogens is 1. The number of aromatic amines is 1. The van der Waals surface area contributed by atoms with Crippen LogP contribution in [-0.4, -0.2) is 176 Å². The van der Waals surface area contributed by atoms with Crippen molar-refractivity contribution in [1.82, 2.24) is 55.6 Å². The molecule has 0 spiro atoms. The number of ether oxygens (including phenoxy) is 2. The summed E-state index contributed by atoms with van der Waals surface area (Å²) in [7, 11) is 0. The third-order valence-electron chi connectivity index (χ3n) is 11.6. The Hall–Kier alpha value is -8.63. The van der Waals surface area contributed by atoms with Gasteiger partial charge in [-0.2, -0.15) is 0 Å². The van der Waals surface area contributed by atoms with Crippen LogP contribution < -0.4 is 54.6 Å².